The minimum absolute atomic E-state index is 0.00731. The third-order valence-electron chi connectivity index (χ3n) is 4.52. The summed E-state index contributed by atoms with van der Waals surface area (Å²) in [5, 5.41) is 2.96. The standard InChI is InChI=1S/C18H24N2O4/c1-13(21)19-16-6-9-24-17(12-16)14-2-4-15(5-3-14)18(22)20-7-10-23-11-8-20/h2-5,16-17H,6-12H2,1H3,(H,19,21)/t16-,17+/m1/s1. The molecule has 1 aromatic carbocycles. The van der Waals surface area contributed by atoms with Crippen molar-refractivity contribution < 1.29 is 19.1 Å². The lowest BCUT2D eigenvalue weighted by molar-refractivity contribution is -0.120. The van der Waals surface area contributed by atoms with Crippen LogP contribution in [0.2, 0.25) is 0 Å². The molecule has 24 heavy (non-hydrogen) atoms. The number of carbonyl (C=O) groups is 2. The van der Waals surface area contributed by atoms with Gasteiger partial charge in [0.05, 0.1) is 19.3 Å². The number of morpholine rings is 1. The lowest BCUT2D eigenvalue weighted by Crippen LogP contribution is -2.40. The summed E-state index contributed by atoms with van der Waals surface area (Å²) in [6.45, 7) is 4.66. The van der Waals surface area contributed by atoms with E-state index in [4.69, 9.17) is 9.47 Å². The van der Waals surface area contributed by atoms with E-state index in [1.807, 2.05) is 29.2 Å². The minimum atomic E-state index is -0.0388. The molecule has 1 aromatic rings. The van der Waals surface area contributed by atoms with Crippen molar-refractivity contribution in [1.82, 2.24) is 10.2 Å². The Bertz CT molecular complexity index is 581. The molecule has 6 heteroatoms. The van der Waals surface area contributed by atoms with E-state index in [9.17, 15) is 9.59 Å². The Morgan fingerprint density at radius 1 is 1.12 bits per heavy atom. The van der Waals surface area contributed by atoms with Crippen molar-refractivity contribution in [2.24, 2.45) is 0 Å². The monoisotopic (exact) mass is 332 g/mol. The Hall–Kier alpha value is -1.92. The third kappa shape index (κ3) is 4.13. The molecule has 1 N–H and O–H groups in total. The van der Waals surface area contributed by atoms with Gasteiger partial charge in [-0.2, -0.15) is 0 Å². The fourth-order valence-corrected chi connectivity index (χ4v) is 3.24. The number of rotatable bonds is 3. The Morgan fingerprint density at radius 3 is 2.50 bits per heavy atom. The molecular weight excluding hydrogens is 308 g/mol. The minimum Gasteiger partial charge on any atom is -0.378 e. The van der Waals surface area contributed by atoms with Gasteiger partial charge in [-0.05, 0) is 30.5 Å². The first kappa shape index (κ1) is 16.9. The number of nitrogens with zero attached hydrogens (tertiary/aromatic N) is 1. The summed E-state index contributed by atoms with van der Waals surface area (Å²) in [5.41, 5.74) is 1.73. The van der Waals surface area contributed by atoms with E-state index in [1.165, 1.54) is 6.92 Å². The van der Waals surface area contributed by atoms with Crippen molar-refractivity contribution in [2.45, 2.75) is 31.9 Å². The molecule has 2 aliphatic heterocycles. The van der Waals surface area contributed by atoms with Crippen LogP contribution in [0.15, 0.2) is 24.3 Å². The average Bonchev–Trinajstić information content (AvgIpc) is 2.62. The number of ether oxygens (including phenoxy) is 2. The number of amides is 2. The molecule has 0 aliphatic carbocycles. The number of nitrogens with one attached hydrogen (secondary N) is 1. The van der Waals surface area contributed by atoms with Crippen molar-refractivity contribution in [3.8, 4) is 0 Å². The third-order valence-corrected chi connectivity index (χ3v) is 4.52. The molecule has 0 radical (unpaired) electrons. The lowest BCUT2D eigenvalue weighted by atomic mass is 9.96. The second kappa shape index (κ2) is 7.77. The van der Waals surface area contributed by atoms with Crippen molar-refractivity contribution >= 4 is 11.8 Å². The molecule has 0 spiro atoms. The van der Waals surface area contributed by atoms with E-state index < -0.39 is 0 Å². The van der Waals surface area contributed by atoms with Gasteiger partial charge in [0, 0.05) is 38.2 Å². The molecule has 0 aromatic heterocycles. The number of benzene rings is 1. The van der Waals surface area contributed by atoms with E-state index in [0.29, 0.717) is 38.5 Å². The highest BCUT2D eigenvalue weighted by molar-refractivity contribution is 5.94. The normalized spacial score (nSPS) is 24.5. The first-order valence-electron chi connectivity index (χ1n) is 8.49. The zero-order chi connectivity index (χ0) is 16.9. The van der Waals surface area contributed by atoms with Crippen LogP contribution in [0.4, 0.5) is 0 Å². The molecule has 2 heterocycles. The van der Waals surface area contributed by atoms with Gasteiger partial charge in [-0.25, -0.2) is 0 Å². The van der Waals surface area contributed by atoms with Crippen LogP contribution < -0.4 is 5.32 Å². The van der Waals surface area contributed by atoms with E-state index in [0.717, 1.165) is 18.4 Å². The molecule has 0 saturated carbocycles. The second-order valence-electron chi connectivity index (χ2n) is 6.31. The van der Waals surface area contributed by atoms with Gasteiger partial charge < -0.3 is 19.7 Å². The Kier molecular flexibility index (Phi) is 5.48. The largest absolute Gasteiger partial charge is 0.378 e. The van der Waals surface area contributed by atoms with Crippen molar-refractivity contribution in [3.05, 3.63) is 35.4 Å². The van der Waals surface area contributed by atoms with Gasteiger partial charge in [0.2, 0.25) is 5.91 Å². The van der Waals surface area contributed by atoms with Gasteiger partial charge >= 0.3 is 0 Å². The highest BCUT2D eigenvalue weighted by atomic mass is 16.5. The summed E-state index contributed by atoms with van der Waals surface area (Å²) in [5.74, 6) is 0.0395. The zero-order valence-electron chi connectivity index (χ0n) is 14.0. The van der Waals surface area contributed by atoms with Gasteiger partial charge in [0.25, 0.3) is 5.91 Å². The van der Waals surface area contributed by atoms with E-state index in [-0.39, 0.29) is 24.0 Å². The predicted molar refractivity (Wildman–Crippen MR) is 88.7 cm³/mol. The van der Waals surface area contributed by atoms with Crippen molar-refractivity contribution in [2.75, 3.05) is 32.9 Å². The van der Waals surface area contributed by atoms with Gasteiger partial charge in [-0.15, -0.1) is 0 Å². The van der Waals surface area contributed by atoms with Crippen LogP contribution >= 0.6 is 0 Å². The highest BCUT2D eigenvalue weighted by Crippen LogP contribution is 2.28. The zero-order valence-corrected chi connectivity index (χ0v) is 14.0. The molecule has 6 nitrogen and oxygen atoms in total. The molecule has 2 amide bonds. The Balaban J connectivity index is 1.63. The van der Waals surface area contributed by atoms with Crippen molar-refractivity contribution in [1.29, 1.82) is 0 Å². The van der Waals surface area contributed by atoms with Gasteiger partial charge in [0.1, 0.15) is 0 Å². The lowest BCUT2D eigenvalue weighted by Gasteiger charge is -2.30. The maximum Gasteiger partial charge on any atom is 0.254 e. The number of carbonyl (C=O) groups excluding carboxylic acids is 2. The summed E-state index contributed by atoms with van der Waals surface area (Å²) < 4.78 is 11.1. The second-order valence-corrected chi connectivity index (χ2v) is 6.31. The van der Waals surface area contributed by atoms with E-state index >= 15 is 0 Å². The molecule has 3 rings (SSSR count). The number of hydrogen-bond donors (Lipinski definition) is 1. The van der Waals surface area contributed by atoms with Gasteiger partial charge in [0.15, 0.2) is 0 Å². The summed E-state index contributed by atoms with van der Waals surface area (Å²) in [6, 6.07) is 7.77. The van der Waals surface area contributed by atoms with Crippen LogP contribution in [0, 0.1) is 0 Å². The van der Waals surface area contributed by atoms with Gasteiger partial charge in [-0.3, -0.25) is 9.59 Å². The summed E-state index contributed by atoms with van der Waals surface area (Å²) in [6.07, 6.45) is 1.56. The number of hydrogen-bond acceptors (Lipinski definition) is 4. The topological polar surface area (TPSA) is 67.9 Å². The molecule has 2 fully saturated rings. The van der Waals surface area contributed by atoms with Crippen LogP contribution in [0.3, 0.4) is 0 Å². The summed E-state index contributed by atoms with van der Waals surface area (Å²) in [7, 11) is 0. The molecule has 130 valence electrons. The summed E-state index contributed by atoms with van der Waals surface area (Å²) in [4.78, 5) is 25.5. The fraction of sp³-hybridized carbons (Fsp3) is 0.556. The van der Waals surface area contributed by atoms with Crippen molar-refractivity contribution in [3.63, 3.8) is 0 Å². The molecule has 2 saturated heterocycles. The maximum atomic E-state index is 12.5. The SMILES string of the molecule is CC(=O)N[C@@H]1CCO[C@H](c2ccc(C(=O)N3CCOCC3)cc2)C1. The maximum absolute atomic E-state index is 12.5. The summed E-state index contributed by atoms with van der Waals surface area (Å²) >= 11 is 0. The van der Waals surface area contributed by atoms with Crippen LogP contribution in [0.1, 0.15) is 41.8 Å². The average molecular weight is 332 g/mol. The Labute approximate surface area is 142 Å². The first-order valence-corrected chi connectivity index (χ1v) is 8.49. The Morgan fingerprint density at radius 2 is 1.83 bits per heavy atom. The van der Waals surface area contributed by atoms with Crippen LogP contribution in [0.5, 0.6) is 0 Å². The quantitative estimate of drug-likeness (QED) is 0.911. The molecular formula is C18H24N2O4. The van der Waals surface area contributed by atoms with E-state index in [1.54, 1.807) is 0 Å². The molecule has 2 aliphatic rings. The molecule has 0 bridgehead atoms. The molecule has 0 unspecified atom stereocenters. The van der Waals surface area contributed by atoms with Crippen LogP contribution in [0.25, 0.3) is 0 Å². The smallest absolute Gasteiger partial charge is 0.254 e. The fourth-order valence-electron chi connectivity index (χ4n) is 3.24. The van der Waals surface area contributed by atoms with E-state index in [2.05, 4.69) is 5.32 Å². The molecule has 2 atom stereocenters. The first-order chi connectivity index (χ1) is 11.6. The van der Waals surface area contributed by atoms with Gasteiger partial charge in [-0.1, -0.05) is 12.1 Å². The van der Waals surface area contributed by atoms with Crippen LogP contribution in [-0.2, 0) is 14.3 Å². The highest BCUT2D eigenvalue weighted by Gasteiger charge is 2.25. The predicted octanol–water partition coefficient (Wildman–Crippen LogP) is 1.52. The van der Waals surface area contributed by atoms with Crippen LogP contribution in [-0.4, -0.2) is 55.7 Å².